The minimum atomic E-state index is -0.178. The zero-order chi connectivity index (χ0) is 11.4. The Balaban J connectivity index is 2.13. The summed E-state index contributed by atoms with van der Waals surface area (Å²) < 4.78 is 13.7. The lowest BCUT2D eigenvalue weighted by molar-refractivity contribution is 0.227. The molecular weight excluding hydrogens is 203 g/mol. The van der Waals surface area contributed by atoms with Crippen LogP contribution in [-0.4, -0.2) is 11.5 Å². The summed E-state index contributed by atoms with van der Waals surface area (Å²) in [6, 6.07) is 1.98. The Hall–Kier alpha value is -0.960. The largest absolute Gasteiger partial charge is 0.310 e. The minimum Gasteiger partial charge on any atom is -0.310 e. The third kappa shape index (κ3) is 2.40. The van der Waals surface area contributed by atoms with Crippen molar-refractivity contribution in [2.75, 3.05) is 6.54 Å². The molecule has 2 rings (SSSR count). The monoisotopic (exact) mass is 222 g/mol. The standard InChI is InChI=1S/C13H19FN2/c1-2-7-16-13(10-4-3-5-10)11-6-8-15-9-12(11)14/h6,8-10,13,16H,2-5,7H2,1H3. The molecule has 0 amide bonds. The third-order valence-electron chi connectivity index (χ3n) is 3.37. The quantitative estimate of drug-likeness (QED) is 0.828. The van der Waals surface area contributed by atoms with Gasteiger partial charge in [0.1, 0.15) is 5.82 Å². The van der Waals surface area contributed by atoms with Crippen LogP contribution in [-0.2, 0) is 0 Å². The summed E-state index contributed by atoms with van der Waals surface area (Å²) >= 11 is 0. The fourth-order valence-corrected chi connectivity index (χ4v) is 2.24. The van der Waals surface area contributed by atoms with E-state index in [1.807, 2.05) is 0 Å². The van der Waals surface area contributed by atoms with Gasteiger partial charge in [-0.1, -0.05) is 13.3 Å². The fourth-order valence-electron chi connectivity index (χ4n) is 2.24. The number of hydrogen-bond acceptors (Lipinski definition) is 2. The lowest BCUT2D eigenvalue weighted by Gasteiger charge is -2.34. The normalized spacial score (nSPS) is 18.1. The molecular formula is C13H19FN2. The van der Waals surface area contributed by atoms with Crippen molar-refractivity contribution in [3.05, 3.63) is 29.8 Å². The Morgan fingerprint density at radius 3 is 2.94 bits per heavy atom. The van der Waals surface area contributed by atoms with E-state index < -0.39 is 0 Å². The van der Waals surface area contributed by atoms with Crippen molar-refractivity contribution in [3.8, 4) is 0 Å². The van der Waals surface area contributed by atoms with Gasteiger partial charge in [0.15, 0.2) is 0 Å². The van der Waals surface area contributed by atoms with Gasteiger partial charge >= 0.3 is 0 Å². The molecule has 1 atom stereocenters. The van der Waals surface area contributed by atoms with Crippen molar-refractivity contribution in [2.45, 2.75) is 38.6 Å². The number of nitrogens with one attached hydrogen (secondary N) is 1. The van der Waals surface area contributed by atoms with E-state index in [1.54, 1.807) is 12.3 Å². The number of hydrogen-bond donors (Lipinski definition) is 1. The van der Waals surface area contributed by atoms with Crippen LogP contribution in [0, 0.1) is 11.7 Å². The molecule has 88 valence electrons. The summed E-state index contributed by atoms with van der Waals surface area (Å²) in [5, 5.41) is 3.46. The molecule has 1 aromatic rings. The van der Waals surface area contributed by atoms with Gasteiger partial charge in [-0.2, -0.15) is 0 Å². The maximum absolute atomic E-state index is 13.7. The van der Waals surface area contributed by atoms with Crippen LogP contribution in [0.1, 0.15) is 44.2 Å². The molecule has 0 spiro atoms. The van der Waals surface area contributed by atoms with Crippen LogP contribution in [0.15, 0.2) is 18.5 Å². The number of pyridine rings is 1. The molecule has 0 aromatic carbocycles. The second-order valence-corrected chi connectivity index (χ2v) is 4.52. The maximum Gasteiger partial charge on any atom is 0.146 e. The van der Waals surface area contributed by atoms with E-state index in [-0.39, 0.29) is 11.9 Å². The van der Waals surface area contributed by atoms with Gasteiger partial charge in [-0.25, -0.2) is 4.39 Å². The second-order valence-electron chi connectivity index (χ2n) is 4.52. The molecule has 0 bridgehead atoms. The molecule has 3 heteroatoms. The first-order chi connectivity index (χ1) is 7.83. The molecule has 1 saturated carbocycles. The summed E-state index contributed by atoms with van der Waals surface area (Å²) in [6.07, 6.45) is 7.77. The van der Waals surface area contributed by atoms with Crippen molar-refractivity contribution in [1.29, 1.82) is 0 Å². The molecule has 1 N–H and O–H groups in total. The Kier molecular flexibility index (Phi) is 3.88. The third-order valence-corrected chi connectivity index (χ3v) is 3.37. The first-order valence-electron chi connectivity index (χ1n) is 6.15. The zero-order valence-corrected chi connectivity index (χ0v) is 9.75. The molecule has 0 saturated heterocycles. The van der Waals surface area contributed by atoms with Crippen molar-refractivity contribution in [1.82, 2.24) is 10.3 Å². The predicted octanol–water partition coefficient (Wildman–Crippen LogP) is 3.06. The first-order valence-corrected chi connectivity index (χ1v) is 6.15. The summed E-state index contributed by atoms with van der Waals surface area (Å²) in [7, 11) is 0. The second kappa shape index (κ2) is 5.39. The number of aromatic nitrogens is 1. The van der Waals surface area contributed by atoms with Crippen molar-refractivity contribution in [2.24, 2.45) is 5.92 Å². The van der Waals surface area contributed by atoms with E-state index in [9.17, 15) is 4.39 Å². The Labute approximate surface area is 96.3 Å². The number of rotatable bonds is 5. The van der Waals surface area contributed by atoms with Gasteiger partial charge < -0.3 is 5.32 Å². The van der Waals surface area contributed by atoms with E-state index in [1.165, 1.54) is 25.5 Å². The first kappa shape index (κ1) is 11.5. The highest BCUT2D eigenvalue weighted by molar-refractivity contribution is 5.19. The van der Waals surface area contributed by atoms with Gasteiger partial charge in [-0.3, -0.25) is 4.98 Å². The highest BCUT2D eigenvalue weighted by atomic mass is 19.1. The molecule has 0 radical (unpaired) electrons. The Morgan fingerprint density at radius 2 is 2.38 bits per heavy atom. The summed E-state index contributed by atoms with van der Waals surface area (Å²) in [4.78, 5) is 3.81. The van der Waals surface area contributed by atoms with Gasteiger partial charge in [0, 0.05) is 17.8 Å². The molecule has 2 nitrogen and oxygen atoms in total. The van der Waals surface area contributed by atoms with Gasteiger partial charge in [0.2, 0.25) is 0 Å². The fraction of sp³-hybridized carbons (Fsp3) is 0.615. The maximum atomic E-state index is 13.7. The highest BCUT2D eigenvalue weighted by Crippen LogP contribution is 2.38. The van der Waals surface area contributed by atoms with Gasteiger partial charge in [0.25, 0.3) is 0 Å². The molecule has 1 aliphatic rings. The van der Waals surface area contributed by atoms with Crippen LogP contribution in [0.5, 0.6) is 0 Å². The van der Waals surface area contributed by atoms with Gasteiger partial charge in [-0.15, -0.1) is 0 Å². The molecule has 1 unspecified atom stereocenters. The molecule has 1 fully saturated rings. The van der Waals surface area contributed by atoms with Crippen molar-refractivity contribution < 1.29 is 4.39 Å². The summed E-state index contributed by atoms with van der Waals surface area (Å²) in [5.74, 6) is 0.423. The topological polar surface area (TPSA) is 24.9 Å². The molecule has 16 heavy (non-hydrogen) atoms. The van der Waals surface area contributed by atoms with E-state index in [2.05, 4.69) is 17.2 Å². The average molecular weight is 222 g/mol. The predicted molar refractivity (Wildman–Crippen MR) is 62.6 cm³/mol. The SMILES string of the molecule is CCCNC(c1ccncc1F)C1CCC1. The average Bonchev–Trinajstić information content (AvgIpc) is 2.22. The summed E-state index contributed by atoms with van der Waals surface area (Å²) in [5.41, 5.74) is 0.785. The van der Waals surface area contributed by atoms with Crippen LogP contribution >= 0.6 is 0 Å². The molecule has 0 aliphatic heterocycles. The smallest absolute Gasteiger partial charge is 0.146 e. The van der Waals surface area contributed by atoms with E-state index in [0.717, 1.165) is 18.5 Å². The molecule has 1 aliphatic carbocycles. The van der Waals surface area contributed by atoms with E-state index >= 15 is 0 Å². The van der Waals surface area contributed by atoms with Crippen LogP contribution < -0.4 is 5.32 Å². The van der Waals surface area contributed by atoms with Crippen LogP contribution in [0.3, 0.4) is 0 Å². The lowest BCUT2D eigenvalue weighted by Crippen LogP contribution is -2.33. The van der Waals surface area contributed by atoms with Crippen molar-refractivity contribution >= 4 is 0 Å². The highest BCUT2D eigenvalue weighted by Gasteiger charge is 2.29. The Morgan fingerprint density at radius 1 is 1.56 bits per heavy atom. The van der Waals surface area contributed by atoms with E-state index in [4.69, 9.17) is 0 Å². The van der Waals surface area contributed by atoms with E-state index in [0.29, 0.717) is 5.92 Å². The van der Waals surface area contributed by atoms with Crippen LogP contribution in [0.2, 0.25) is 0 Å². The van der Waals surface area contributed by atoms with Crippen LogP contribution in [0.25, 0.3) is 0 Å². The summed E-state index contributed by atoms with van der Waals surface area (Å²) in [6.45, 7) is 3.08. The Bertz CT molecular complexity index is 336. The number of nitrogens with zero attached hydrogens (tertiary/aromatic N) is 1. The van der Waals surface area contributed by atoms with Gasteiger partial charge in [0.05, 0.1) is 6.20 Å². The van der Waals surface area contributed by atoms with Crippen LogP contribution in [0.4, 0.5) is 4.39 Å². The minimum absolute atomic E-state index is 0.177. The molecule has 1 aromatic heterocycles. The van der Waals surface area contributed by atoms with Gasteiger partial charge in [-0.05, 0) is 37.8 Å². The molecule has 1 heterocycles. The number of halogens is 1. The zero-order valence-electron chi connectivity index (χ0n) is 9.75. The van der Waals surface area contributed by atoms with Crippen molar-refractivity contribution in [3.63, 3.8) is 0 Å². The lowest BCUT2D eigenvalue weighted by atomic mass is 9.77.